The van der Waals surface area contributed by atoms with Gasteiger partial charge in [0.25, 0.3) is 0 Å². The monoisotopic (exact) mass is 442 g/mol. The molecule has 0 saturated carbocycles. The Hall–Kier alpha value is -3.07. The predicted octanol–water partition coefficient (Wildman–Crippen LogP) is 3.99. The number of sulfone groups is 1. The van der Waals surface area contributed by atoms with Crippen molar-refractivity contribution in [1.29, 1.82) is 0 Å². The fourth-order valence-electron chi connectivity index (χ4n) is 3.39. The molecule has 0 radical (unpaired) electrons. The van der Waals surface area contributed by atoms with Crippen LogP contribution < -0.4 is 0 Å². The number of hydrogen-bond acceptors (Lipinski definition) is 6. The van der Waals surface area contributed by atoms with Crippen molar-refractivity contribution in [3.8, 4) is 11.3 Å². The van der Waals surface area contributed by atoms with Crippen LogP contribution in [0.5, 0.6) is 0 Å². The van der Waals surface area contributed by atoms with E-state index in [0.29, 0.717) is 29.1 Å². The summed E-state index contributed by atoms with van der Waals surface area (Å²) in [5.74, 6) is -2.12. The van der Waals surface area contributed by atoms with Gasteiger partial charge in [-0.15, -0.1) is 0 Å². The summed E-state index contributed by atoms with van der Waals surface area (Å²) in [5, 5.41) is -0.664. The third-order valence-corrected chi connectivity index (χ3v) is 7.38. The molecule has 0 amide bonds. The van der Waals surface area contributed by atoms with Crippen LogP contribution >= 0.6 is 0 Å². The van der Waals surface area contributed by atoms with Crippen molar-refractivity contribution in [3.05, 3.63) is 70.9 Å². The average Bonchev–Trinajstić information content (AvgIpc) is 3.22. The molecule has 0 aliphatic carbocycles. The smallest absolute Gasteiger partial charge is 0.156 e. The van der Waals surface area contributed by atoms with Crippen LogP contribution in [0.3, 0.4) is 0 Å². The van der Waals surface area contributed by atoms with Gasteiger partial charge >= 0.3 is 0 Å². The SMILES string of the molecule is CC(C)S(=O)(=O)Cc1ccc(F)c(Cc2ncccc2-c2ncnc3c2N=CC3)c1F. The minimum Gasteiger partial charge on any atom is -0.260 e. The third kappa shape index (κ3) is 4.10. The van der Waals surface area contributed by atoms with Gasteiger partial charge in [-0.05, 0) is 32.0 Å². The molecule has 160 valence electrons. The third-order valence-electron chi connectivity index (χ3n) is 5.23. The quantitative estimate of drug-likeness (QED) is 0.576. The summed E-state index contributed by atoms with van der Waals surface area (Å²) in [5.41, 5.74) is 2.65. The second kappa shape index (κ2) is 8.22. The number of fused-ring (bicyclic) bond motifs is 1. The van der Waals surface area contributed by atoms with Crippen molar-refractivity contribution in [3.63, 3.8) is 0 Å². The maximum Gasteiger partial charge on any atom is 0.156 e. The van der Waals surface area contributed by atoms with Crippen molar-refractivity contribution in [1.82, 2.24) is 15.0 Å². The minimum atomic E-state index is -3.55. The number of nitrogens with zero attached hydrogens (tertiary/aromatic N) is 4. The molecule has 0 fully saturated rings. The number of halogens is 2. The first kappa shape index (κ1) is 21.2. The standard InChI is InChI=1S/C22H20F2N4O2S/c1-13(2)31(29,30)11-14-5-6-17(23)16(20(14)24)10-19-15(4-3-8-25-19)21-22-18(7-9-26-22)27-12-28-21/h3-6,8-9,12-13H,7,10-11H2,1-2H3. The molecule has 0 unspecified atom stereocenters. The van der Waals surface area contributed by atoms with Crippen LogP contribution in [0.1, 0.15) is 36.4 Å². The summed E-state index contributed by atoms with van der Waals surface area (Å²) >= 11 is 0. The second-order valence-corrected chi connectivity index (χ2v) is 10.1. The number of aromatic nitrogens is 3. The Morgan fingerprint density at radius 1 is 1.10 bits per heavy atom. The molecule has 0 saturated heterocycles. The van der Waals surface area contributed by atoms with Gasteiger partial charge in [0.05, 0.1) is 22.4 Å². The summed E-state index contributed by atoms with van der Waals surface area (Å²) in [4.78, 5) is 17.2. The molecule has 3 heterocycles. The van der Waals surface area contributed by atoms with Crippen LogP contribution in [0.4, 0.5) is 14.5 Å². The number of pyridine rings is 1. The summed E-state index contributed by atoms with van der Waals surface area (Å²) in [6.45, 7) is 3.06. The number of rotatable bonds is 6. The fraction of sp³-hybridized carbons (Fsp3) is 0.273. The number of benzene rings is 1. The molecule has 9 heteroatoms. The van der Waals surface area contributed by atoms with E-state index in [-0.39, 0.29) is 17.5 Å². The van der Waals surface area contributed by atoms with E-state index in [0.717, 1.165) is 11.8 Å². The zero-order valence-corrected chi connectivity index (χ0v) is 17.8. The van der Waals surface area contributed by atoms with E-state index in [9.17, 15) is 12.8 Å². The zero-order chi connectivity index (χ0) is 22.2. The first-order valence-corrected chi connectivity index (χ1v) is 11.5. The molecule has 1 aliphatic heterocycles. The summed E-state index contributed by atoms with van der Waals surface area (Å²) in [6, 6.07) is 5.75. The Balaban J connectivity index is 1.76. The van der Waals surface area contributed by atoms with Gasteiger partial charge < -0.3 is 0 Å². The molecule has 0 bridgehead atoms. The highest BCUT2D eigenvalue weighted by Crippen LogP contribution is 2.35. The van der Waals surface area contributed by atoms with E-state index in [1.807, 2.05) is 0 Å². The van der Waals surface area contributed by atoms with Crippen LogP contribution in [0, 0.1) is 11.6 Å². The van der Waals surface area contributed by atoms with E-state index < -0.39 is 32.5 Å². The van der Waals surface area contributed by atoms with Crippen LogP contribution in [-0.2, 0) is 28.4 Å². The van der Waals surface area contributed by atoms with Gasteiger partial charge in [-0.3, -0.25) is 9.98 Å². The molecule has 31 heavy (non-hydrogen) atoms. The van der Waals surface area contributed by atoms with Gasteiger partial charge in [0.1, 0.15) is 29.3 Å². The molecule has 1 aliphatic rings. The molecule has 4 rings (SSSR count). The van der Waals surface area contributed by atoms with Gasteiger partial charge in [0.15, 0.2) is 9.84 Å². The highest BCUT2D eigenvalue weighted by molar-refractivity contribution is 7.91. The molecule has 0 N–H and O–H groups in total. The lowest BCUT2D eigenvalue weighted by molar-refractivity contribution is 0.549. The molecule has 0 spiro atoms. The Kier molecular flexibility index (Phi) is 5.62. The molecule has 6 nitrogen and oxygen atoms in total. The van der Waals surface area contributed by atoms with Crippen LogP contribution in [0.2, 0.25) is 0 Å². The Morgan fingerprint density at radius 3 is 2.68 bits per heavy atom. The lowest BCUT2D eigenvalue weighted by atomic mass is 9.99. The Bertz CT molecular complexity index is 1290. The first-order chi connectivity index (χ1) is 14.8. The molecule has 0 atom stereocenters. The van der Waals surface area contributed by atoms with Crippen molar-refractivity contribution in [2.24, 2.45) is 4.99 Å². The zero-order valence-electron chi connectivity index (χ0n) is 17.0. The maximum atomic E-state index is 15.2. The molecule has 2 aromatic heterocycles. The average molecular weight is 442 g/mol. The van der Waals surface area contributed by atoms with E-state index in [1.54, 1.807) is 18.3 Å². The molecular formula is C22H20F2N4O2S. The highest BCUT2D eigenvalue weighted by atomic mass is 32.2. The number of aliphatic imine (C=N–C) groups is 1. The van der Waals surface area contributed by atoms with Gasteiger partial charge in [-0.2, -0.15) is 0 Å². The van der Waals surface area contributed by atoms with Gasteiger partial charge in [-0.1, -0.05) is 6.07 Å². The summed E-state index contributed by atoms with van der Waals surface area (Å²) in [6.07, 6.45) is 5.13. The van der Waals surface area contributed by atoms with Crippen LogP contribution in [0.25, 0.3) is 11.3 Å². The molecular weight excluding hydrogens is 422 g/mol. The van der Waals surface area contributed by atoms with E-state index >= 15 is 4.39 Å². The van der Waals surface area contributed by atoms with E-state index in [4.69, 9.17) is 0 Å². The van der Waals surface area contributed by atoms with E-state index in [1.165, 1.54) is 32.4 Å². The Labute approximate surface area is 179 Å². The molecule has 1 aromatic carbocycles. The van der Waals surface area contributed by atoms with Crippen molar-refractivity contribution < 1.29 is 17.2 Å². The van der Waals surface area contributed by atoms with E-state index in [2.05, 4.69) is 19.9 Å². The number of hydrogen-bond donors (Lipinski definition) is 0. The predicted molar refractivity (Wildman–Crippen MR) is 114 cm³/mol. The maximum absolute atomic E-state index is 15.2. The first-order valence-electron chi connectivity index (χ1n) is 9.76. The van der Waals surface area contributed by atoms with Gasteiger partial charge in [-0.25, -0.2) is 27.2 Å². The Morgan fingerprint density at radius 2 is 1.90 bits per heavy atom. The highest BCUT2D eigenvalue weighted by Gasteiger charge is 2.24. The fourth-order valence-corrected chi connectivity index (χ4v) is 4.38. The largest absolute Gasteiger partial charge is 0.260 e. The van der Waals surface area contributed by atoms with Crippen molar-refractivity contribution in [2.45, 2.75) is 37.7 Å². The van der Waals surface area contributed by atoms with Crippen molar-refractivity contribution in [2.75, 3.05) is 0 Å². The minimum absolute atomic E-state index is 0.0601. The second-order valence-electron chi connectivity index (χ2n) is 7.56. The topological polar surface area (TPSA) is 85.2 Å². The van der Waals surface area contributed by atoms with Crippen LogP contribution in [-0.4, -0.2) is 34.8 Å². The summed E-state index contributed by atoms with van der Waals surface area (Å²) < 4.78 is 54.3. The lowest BCUT2D eigenvalue weighted by Gasteiger charge is -2.14. The molecule has 3 aromatic rings. The normalized spacial score (nSPS) is 13.1. The van der Waals surface area contributed by atoms with Crippen molar-refractivity contribution >= 4 is 21.7 Å². The van der Waals surface area contributed by atoms with Gasteiger partial charge in [0, 0.05) is 41.9 Å². The van der Waals surface area contributed by atoms with Gasteiger partial charge in [0.2, 0.25) is 0 Å². The summed E-state index contributed by atoms with van der Waals surface area (Å²) in [7, 11) is -3.55. The lowest BCUT2D eigenvalue weighted by Crippen LogP contribution is -2.17. The van der Waals surface area contributed by atoms with Crippen LogP contribution in [0.15, 0.2) is 41.8 Å².